The van der Waals surface area contributed by atoms with E-state index in [0.29, 0.717) is 11.3 Å². The molecule has 1 aromatic heterocycles. The first-order valence-electron chi connectivity index (χ1n) is 10.4. The topological polar surface area (TPSA) is 101 Å². The van der Waals surface area contributed by atoms with Crippen molar-refractivity contribution in [3.63, 3.8) is 0 Å². The number of hydrogen-bond donors (Lipinski definition) is 2. The van der Waals surface area contributed by atoms with Crippen LogP contribution >= 0.6 is 11.3 Å². The predicted molar refractivity (Wildman–Crippen MR) is 130 cm³/mol. The molecule has 0 spiro atoms. The summed E-state index contributed by atoms with van der Waals surface area (Å²) in [5, 5.41) is 3.91. The zero-order valence-electron chi connectivity index (χ0n) is 17.5. The van der Waals surface area contributed by atoms with Crippen molar-refractivity contribution in [2.75, 3.05) is 11.9 Å². The van der Waals surface area contributed by atoms with Crippen LogP contribution in [0.3, 0.4) is 0 Å². The molecule has 2 heterocycles. The van der Waals surface area contributed by atoms with Crippen molar-refractivity contribution in [2.45, 2.75) is 17.7 Å². The lowest BCUT2D eigenvalue weighted by atomic mass is 10.1. The van der Waals surface area contributed by atoms with Crippen LogP contribution in [0.15, 0.2) is 82.7 Å². The van der Waals surface area contributed by atoms with E-state index in [9.17, 15) is 13.2 Å². The Bertz CT molecular complexity index is 1440. The highest BCUT2D eigenvalue weighted by Crippen LogP contribution is 2.24. The summed E-state index contributed by atoms with van der Waals surface area (Å²) >= 11 is 1.69. The number of aliphatic imine (C=N–C) groups is 1. The molecule has 1 aliphatic heterocycles. The zero-order valence-corrected chi connectivity index (χ0v) is 19.1. The van der Waals surface area contributed by atoms with Gasteiger partial charge in [-0.1, -0.05) is 36.4 Å². The van der Waals surface area contributed by atoms with Crippen molar-refractivity contribution in [2.24, 2.45) is 4.99 Å². The third-order valence-electron chi connectivity index (χ3n) is 5.20. The van der Waals surface area contributed by atoms with Gasteiger partial charge in [0.2, 0.25) is 5.91 Å². The van der Waals surface area contributed by atoms with E-state index in [1.807, 2.05) is 42.5 Å². The number of carbonyl (C=O) groups is 1. The van der Waals surface area contributed by atoms with Crippen LogP contribution < -0.4 is 10.0 Å². The Morgan fingerprint density at radius 3 is 2.58 bits per heavy atom. The first-order valence-corrected chi connectivity index (χ1v) is 12.7. The molecule has 2 N–H and O–H groups in total. The number of amides is 1. The fourth-order valence-electron chi connectivity index (χ4n) is 3.62. The molecular weight excluding hydrogens is 456 g/mol. The number of thiazole rings is 1. The maximum Gasteiger partial charge on any atom is 0.263 e. The highest BCUT2D eigenvalue weighted by atomic mass is 32.2. The van der Waals surface area contributed by atoms with Gasteiger partial charge in [-0.15, -0.1) is 11.3 Å². The van der Waals surface area contributed by atoms with Gasteiger partial charge in [0.15, 0.2) is 0 Å². The number of benzene rings is 3. The Morgan fingerprint density at radius 2 is 1.76 bits per heavy atom. The van der Waals surface area contributed by atoms with E-state index < -0.39 is 10.0 Å². The number of amidine groups is 1. The van der Waals surface area contributed by atoms with E-state index in [-0.39, 0.29) is 29.6 Å². The highest BCUT2D eigenvalue weighted by molar-refractivity contribution is 7.90. The van der Waals surface area contributed by atoms with Crippen LogP contribution in [0.1, 0.15) is 22.6 Å². The minimum absolute atomic E-state index is 0.140. The molecule has 0 saturated carbocycles. The molecule has 1 aliphatic rings. The van der Waals surface area contributed by atoms with Crippen molar-refractivity contribution < 1.29 is 13.2 Å². The van der Waals surface area contributed by atoms with E-state index >= 15 is 0 Å². The quantitative estimate of drug-likeness (QED) is 0.440. The first-order chi connectivity index (χ1) is 16.0. The fourth-order valence-corrected chi connectivity index (χ4v) is 5.87. The fraction of sp³-hybridized carbons (Fsp3) is 0.125. The van der Waals surface area contributed by atoms with Gasteiger partial charge in [0.25, 0.3) is 10.0 Å². The number of sulfonamides is 1. The van der Waals surface area contributed by atoms with Gasteiger partial charge in [0.05, 0.1) is 26.7 Å². The SMILES string of the molecule is O=C(CCN=C1NS(=O)(=O)c2ccccc21)Nc1ccc(Cc2nc3ccccc3s2)cc1. The number of para-hydroxylation sites is 1. The van der Waals surface area contributed by atoms with Gasteiger partial charge in [-0.2, -0.15) is 0 Å². The van der Waals surface area contributed by atoms with Crippen molar-refractivity contribution in [1.29, 1.82) is 0 Å². The average Bonchev–Trinajstić information content (AvgIpc) is 3.33. The lowest BCUT2D eigenvalue weighted by Crippen LogP contribution is -2.23. The van der Waals surface area contributed by atoms with E-state index in [2.05, 4.69) is 26.1 Å². The molecule has 0 atom stereocenters. The number of nitrogens with zero attached hydrogens (tertiary/aromatic N) is 2. The summed E-state index contributed by atoms with van der Waals surface area (Å²) < 4.78 is 27.8. The van der Waals surface area contributed by atoms with E-state index in [0.717, 1.165) is 22.5 Å². The second kappa shape index (κ2) is 8.76. The number of rotatable bonds is 6. The maximum atomic E-state index is 12.3. The zero-order chi connectivity index (χ0) is 22.8. The molecule has 5 rings (SSSR count). The molecule has 1 amide bonds. The summed E-state index contributed by atoms with van der Waals surface area (Å²) in [5.41, 5.74) is 3.36. The summed E-state index contributed by atoms with van der Waals surface area (Å²) in [6.07, 6.45) is 0.878. The molecular formula is C24H20N4O3S2. The summed E-state index contributed by atoms with van der Waals surface area (Å²) in [4.78, 5) is 21.5. The molecule has 166 valence electrons. The third kappa shape index (κ3) is 4.64. The lowest BCUT2D eigenvalue weighted by Gasteiger charge is -2.06. The van der Waals surface area contributed by atoms with Crippen LogP contribution in [-0.2, 0) is 21.2 Å². The van der Waals surface area contributed by atoms with Crippen LogP contribution in [0.25, 0.3) is 10.2 Å². The van der Waals surface area contributed by atoms with E-state index in [1.54, 1.807) is 29.5 Å². The Kier molecular flexibility index (Phi) is 5.65. The molecule has 9 heteroatoms. The Balaban J connectivity index is 1.17. The molecule has 0 saturated heterocycles. The van der Waals surface area contributed by atoms with Gasteiger partial charge < -0.3 is 5.32 Å². The van der Waals surface area contributed by atoms with Crippen molar-refractivity contribution in [3.8, 4) is 0 Å². The second-order valence-electron chi connectivity index (χ2n) is 7.58. The van der Waals surface area contributed by atoms with E-state index in [1.165, 1.54) is 10.8 Å². The summed E-state index contributed by atoms with van der Waals surface area (Å²) in [6.45, 7) is 0.174. The van der Waals surface area contributed by atoms with Crippen LogP contribution in [-0.4, -0.2) is 31.7 Å². The maximum absolute atomic E-state index is 12.3. The first kappa shape index (κ1) is 21.3. The average molecular weight is 477 g/mol. The molecule has 0 fully saturated rings. The largest absolute Gasteiger partial charge is 0.326 e. The number of nitrogens with one attached hydrogen (secondary N) is 2. The number of fused-ring (bicyclic) bond motifs is 2. The number of anilines is 1. The Labute approximate surface area is 195 Å². The van der Waals surface area contributed by atoms with Crippen LogP contribution in [0.5, 0.6) is 0 Å². The molecule has 0 bridgehead atoms. The highest BCUT2D eigenvalue weighted by Gasteiger charge is 2.29. The molecule has 0 aliphatic carbocycles. The molecule has 7 nitrogen and oxygen atoms in total. The van der Waals surface area contributed by atoms with Crippen LogP contribution in [0, 0.1) is 0 Å². The van der Waals surface area contributed by atoms with E-state index in [4.69, 9.17) is 0 Å². The molecule has 0 unspecified atom stereocenters. The number of hydrogen-bond acceptors (Lipinski definition) is 6. The van der Waals surface area contributed by atoms with Gasteiger partial charge in [-0.3, -0.25) is 14.5 Å². The van der Waals surface area contributed by atoms with Crippen LogP contribution in [0.4, 0.5) is 5.69 Å². The van der Waals surface area contributed by atoms with Gasteiger partial charge in [0, 0.05) is 24.1 Å². The Morgan fingerprint density at radius 1 is 1.00 bits per heavy atom. The monoisotopic (exact) mass is 476 g/mol. The van der Waals surface area contributed by atoms with Crippen molar-refractivity contribution in [3.05, 3.63) is 88.9 Å². The smallest absolute Gasteiger partial charge is 0.263 e. The Hall–Kier alpha value is -3.56. The van der Waals surface area contributed by atoms with Gasteiger partial charge >= 0.3 is 0 Å². The minimum Gasteiger partial charge on any atom is -0.326 e. The summed E-state index contributed by atoms with van der Waals surface area (Å²) in [6, 6.07) is 22.4. The normalized spacial score (nSPS) is 15.3. The summed E-state index contributed by atoms with van der Waals surface area (Å²) in [7, 11) is -3.57. The van der Waals surface area contributed by atoms with Gasteiger partial charge in [0.1, 0.15) is 5.84 Å². The third-order valence-corrected chi connectivity index (χ3v) is 7.64. The van der Waals surface area contributed by atoms with Crippen molar-refractivity contribution >= 4 is 49.0 Å². The molecule has 3 aromatic carbocycles. The summed E-state index contributed by atoms with van der Waals surface area (Å²) in [5.74, 6) is 0.0880. The standard InChI is InChI=1S/C24H20N4O3S2/c29-22(13-14-25-24-18-5-1-4-8-21(18)33(30,31)28-24)26-17-11-9-16(10-12-17)15-23-27-19-6-2-3-7-20(19)32-23/h1-12H,13-15H2,(H,25,28)(H,26,29). The molecule has 33 heavy (non-hydrogen) atoms. The number of carbonyl (C=O) groups excluding carboxylic acids is 1. The lowest BCUT2D eigenvalue weighted by molar-refractivity contribution is -0.116. The molecule has 0 radical (unpaired) electrons. The molecule has 4 aromatic rings. The predicted octanol–water partition coefficient (Wildman–Crippen LogP) is 3.95. The van der Waals surface area contributed by atoms with Gasteiger partial charge in [-0.05, 0) is 42.0 Å². The minimum atomic E-state index is -3.57. The van der Waals surface area contributed by atoms with Crippen molar-refractivity contribution in [1.82, 2.24) is 9.71 Å². The second-order valence-corrected chi connectivity index (χ2v) is 10.3. The van der Waals surface area contributed by atoms with Crippen LogP contribution in [0.2, 0.25) is 0 Å². The van der Waals surface area contributed by atoms with Gasteiger partial charge in [-0.25, -0.2) is 13.4 Å². The number of aromatic nitrogens is 1.